The molecule has 2 heterocycles. The minimum atomic E-state index is -0.373. The molecule has 1 aromatic carbocycles. The third-order valence-electron chi connectivity index (χ3n) is 3.81. The molecule has 0 bridgehead atoms. The van der Waals surface area contributed by atoms with Gasteiger partial charge in [0.25, 0.3) is 0 Å². The molecule has 1 N–H and O–H groups in total. The van der Waals surface area contributed by atoms with E-state index in [4.69, 9.17) is 9.47 Å². The number of nitrogens with zero attached hydrogens (tertiary/aromatic N) is 1. The third-order valence-corrected chi connectivity index (χ3v) is 3.81. The van der Waals surface area contributed by atoms with Crippen LogP contribution < -0.4 is 10.1 Å². The van der Waals surface area contributed by atoms with E-state index in [0.717, 1.165) is 12.8 Å². The van der Waals surface area contributed by atoms with Gasteiger partial charge in [-0.1, -0.05) is 12.1 Å². The van der Waals surface area contributed by atoms with Crippen molar-refractivity contribution in [1.82, 2.24) is 10.2 Å². The summed E-state index contributed by atoms with van der Waals surface area (Å²) in [6.45, 7) is 2.38. The van der Waals surface area contributed by atoms with Gasteiger partial charge in [-0.25, -0.2) is 9.18 Å². The van der Waals surface area contributed by atoms with Gasteiger partial charge in [0.15, 0.2) is 11.6 Å². The van der Waals surface area contributed by atoms with Crippen molar-refractivity contribution in [2.75, 3.05) is 26.3 Å². The van der Waals surface area contributed by atoms with Gasteiger partial charge in [-0.15, -0.1) is 0 Å². The average molecular weight is 294 g/mol. The fourth-order valence-corrected chi connectivity index (χ4v) is 2.51. The molecule has 0 atom stereocenters. The Labute approximate surface area is 123 Å². The summed E-state index contributed by atoms with van der Waals surface area (Å²) >= 11 is 0. The number of amides is 2. The van der Waals surface area contributed by atoms with Crippen molar-refractivity contribution in [1.29, 1.82) is 0 Å². The van der Waals surface area contributed by atoms with Crippen molar-refractivity contribution >= 4 is 6.03 Å². The zero-order chi connectivity index (χ0) is 14.7. The monoisotopic (exact) mass is 294 g/mol. The van der Waals surface area contributed by atoms with Crippen LogP contribution in [-0.4, -0.2) is 49.4 Å². The summed E-state index contributed by atoms with van der Waals surface area (Å²) in [5, 5.41) is 2.99. The molecule has 6 heteroatoms. The van der Waals surface area contributed by atoms with Crippen LogP contribution in [0, 0.1) is 5.82 Å². The van der Waals surface area contributed by atoms with E-state index < -0.39 is 0 Å². The molecular formula is C15H19FN2O3. The van der Waals surface area contributed by atoms with Crippen molar-refractivity contribution in [3.8, 4) is 5.75 Å². The quantitative estimate of drug-likeness (QED) is 0.924. The number of nitrogens with one attached hydrogen (secondary N) is 1. The standard InChI is InChI=1S/C15H19FN2O3/c16-13-3-1-2-4-14(13)21-12-9-18(10-12)15(19)17-11-5-7-20-8-6-11/h1-4,11-12H,5-10H2,(H,17,19). The zero-order valence-corrected chi connectivity index (χ0v) is 11.8. The van der Waals surface area contributed by atoms with E-state index in [2.05, 4.69) is 5.32 Å². The number of hydrogen-bond donors (Lipinski definition) is 1. The zero-order valence-electron chi connectivity index (χ0n) is 11.8. The summed E-state index contributed by atoms with van der Waals surface area (Å²) < 4.78 is 24.2. The van der Waals surface area contributed by atoms with Gasteiger partial charge in [0, 0.05) is 19.3 Å². The van der Waals surface area contributed by atoms with Crippen LogP contribution in [0.5, 0.6) is 5.75 Å². The van der Waals surface area contributed by atoms with E-state index in [1.54, 1.807) is 23.1 Å². The number of benzene rings is 1. The fourth-order valence-electron chi connectivity index (χ4n) is 2.51. The maximum atomic E-state index is 13.4. The lowest BCUT2D eigenvalue weighted by Gasteiger charge is -2.39. The summed E-state index contributed by atoms with van der Waals surface area (Å²) in [6.07, 6.45) is 1.58. The van der Waals surface area contributed by atoms with Gasteiger partial charge >= 0.3 is 6.03 Å². The maximum absolute atomic E-state index is 13.4. The number of carbonyl (C=O) groups excluding carboxylic acids is 1. The number of carbonyl (C=O) groups is 1. The van der Waals surface area contributed by atoms with Crippen LogP contribution >= 0.6 is 0 Å². The Morgan fingerprint density at radius 1 is 1.29 bits per heavy atom. The topological polar surface area (TPSA) is 50.8 Å². The van der Waals surface area contributed by atoms with Crippen LogP contribution in [-0.2, 0) is 4.74 Å². The Hall–Kier alpha value is -1.82. The average Bonchev–Trinajstić information content (AvgIpc) is 2.45. The molecule has 114 valence electrons. The number of hydrogen-bond acceptors (Lipinski definition) is 3. The summed E-state index contributed by atoms with van der Waals surface area (Å²) in [5.74, 6) is -0.130. The number of rotatable bonds is 3. The molecule has 3 rings (SSSR count). The van der Waals surface area contributed by atoms with Crippen LogP contribution in [0.4, 0.5) is 9.18 Å². The summed E-state index contributed by atoms with van der Waals surface area (Å²) in [5.41, 5.74) is 0. The van der Waals surface area contributed by atoms with Gasteiger partial charge in [0.05, 0.1) is 13.1 Å². The van der Waals surface area contributed by atoms with E-state index in [9.17, 15) is 9.18 Å². The second-order valence-corrected chi connectivity index (χ2v) is 5.41. The lowest BCUT2D eigenvalue weighted by atomic mass is 10.1. The molecule has 1 aromatic rings. The summed E-state index contributed by atoms with van der Waals surface area (Å²) in [6, 6.07) is 6.43. The van der Waals surface area contributed by atoms with E-state index in [1.807, 2.05) is 0 Å². The van der Waals surface area contributed by atoms with Crippen LogP contribution in [0.25, 0.3) is 0 Å². The van der Waals surface area contributed by atoms with Crippen molar-refractivity contribution in [2.24, 2.45) is 0 Å². The molecule has 0 spiro atoms. The molecule has 2 amide bonds. The van der Waals surface area contributed by atoms with E-state index in [1.165, 1.54) is 6.07 Å². The highest BCUT2D eigenvalue weighted by molar-refractivity contribution is 5.75. The summed E-state index contributed by atoms with van der Waals surface area (Å²) in [7, 11) is 0. The van der Waals surface area contributed by atoms with Crippen molar-refractivity contribution in [3.05, 3.63) is 30.1 Å². The number of halogens is 1. The lowest BCUT2D eigenvalue weighted by molar-refractivity contribution is 0.0363. The first-order chi connectivity index (χ1) is 10.2. The molecule has 2 aliphatic rings. The third kappa shape index (κ3) is 3.44. The molecule has 21 heavy (non-hydrogen) atoms. The Balaban J connectivity index is 1.43. The Morgan fingerprint density at radius 2 is 2.00 bits per heavy atom. The Bertz CT molecular complexity index is 499. The van der Waals surface area contributed by atoms with Crippen molar-refractivity contribution in [2.45, 2.75) is 25.0 Å². The lowest BCUT2D eigenvalue weighted by Crippen LogP contribution is -2.60. The molecule has 0 aliphatic carbocycles. The fraction of sp³-hybridized carbons (Fsp3) is 0.533. The first-order valence-corrected chi connectivity index (χ1v) is 7.27. The second-order valence-electron chi connectivity index (χ2n) is 5.41. The number of urea groups is 1. The predicted octanol–water partition coefficient (Wildman–Crippen LogP) is 1.78. The highest BCUT2D eigenvalue weighted by Crippen LogP contribution is 2.21. The predicted molar refractivity (Wildman–Crippen MR) is 74.8 cm³/mol. The summed E-state index contributed by atoms with van der Waals surface area (Å²) in [4.78, 5) is 13.7. The van der Waals surface area contributed by atoms with Crippen molar-refractivity contribution in [3.63, 3.8) is 0 Å². The molecule has 0 unspecified atom stereocenters. The largest absolute Gasteiger partial charge is 0.484 e. The smallest absolute Gasteiger partial charge is 0.317 e. The van der Waals surface area contributed by atoms with Gasteiger partial charge in [-0.05, 0) is 25.0 Å². The molecule has 5 nitrogen and oxygen atoms in total. The van der Waals surface area contributed by atoms with Crippen LogP contribution in [0.3, 0.4) is 0 Å². The first kappa shape index (κ1) is 14.1. The highest BCUT2D eigenvalue weighted by Gasteiger charge is 2.33. The first-order valence-electron chi connectivity index (χ1n) is 7.27. The Morgan fingerprint density at radius 3 is 2.71 bits per heavy atom. The minimum Gasteiger partial charge on any atom is -0.484 e. The van der Waals surface area contributed by atoms with Gasteiger partial charge in [-0.3, -0.25) is 0 Å². The van der Waals surface area contributed by atoms with Crippen molar-refractivity contribution < 1.29 is 18.7 Å². The van der Waals surface area contributed by atoms with Gasteiger partial charge in [0.2, 0.25) is 0 Å². The normalized spacial score (nSPS) is 20.0. The molecule has 0 radical (unpaired) electrons. The van der Waals surface area contributed by atoms with Crippen LogP contribution in [0.2, 0.25) is 0 Å². The molecule has 2 aliphatic heterocycles. The Kier molecular flexibility index (Phi) is 4.24. The minimum absolute atomic E-state index is 0.0738. The molecule has 2 saturated heterocycles. The van der Waals surface area contributed by atoms with E-state index in [0.29, 0.717) is 26.3 Å². The van der Waals surface area contributed by atoms with Crippen LogP contribution in [0.1, 0.15) is 12.8 Å². The van der Waals surface area contributed by atoms with E-state index in [-0.39, 0.29) is 29.7 Å². The van der Waals surface area contributed by atoms with Gasteiger partial charge in [0.1, 0.15) is 6.10 Å². The number of para-hydroxylation sites is 1. The van der Waals surface area contributed by atoms with E-state index >= 15 is 0 Å². The second kappa shape index (κ2) is 6.30. The van der Waals surface area contributed by atoms with Gasteiger partial charge in [-0.2, -0.15) is 0 Å². The van der Waals surface area contributed by atoms with Crippen LogP contribution in [0.15, 0.2) is 24.3 Å². The maximum Gasteiger partial charge on any atom is 0.317 e. The molecule has 0 aromatic heterocycles. The molecular weight excluding hydrogens is 275 g/mol. The molecule has 2 fully saturated rings. The molecule has 0 saturated carbocycles. The number of ether oxygens (including phenoxy) is 2. The highest BCUT2D eigenvalue weighted by atomic mass is 19.1. The SMILES string of the molecule is O=C(NC1CCOCC1)N1CC(Oc2ccccc2F)C1. The number of likely N-dealkylation sites (tertiary alicyclic amines) is 1. The van der Waals surface area contributed by atoms with Gasteiger partial charge < -0.3 is 19.7 Å².